The molecule has 0 atom stereocenters. The molecule has 3 rings (SSSR count). The number of benzene rings is 2. The molecule has 0 radical (unpaired) electrons. The summed E-state index contributed by atoms with van der Waals surface area (Å²) in [6.45, 7) is 0. The van der Waals surface area contributed by atoms with E-state index in [1.54, 1.807) is 48.5 Å². The smallest absolute Gasteiger partial charge is 0.325 e. The lowest BCUT2D eigenvalue weighted by atomic mass is 10.3. The third kappa shape index (κ3) is 4.01. The first-order chi connectivity index (χ1) is 12.6. The van der Waals surface area contributed by atoms with Crippen molar-refractivity contribution in [3.05, 3.63) is 76.3 Å². The van der Waals surface area contributed by atoms with Gasteiger partial charge in [0.2, 0.25) is 5.82 Å². The zero-order valence-corrected chi connectivity index (χ0v) is 14.5. The van der Waals surface area contributed by atoms with E-state index < -0.39 is 11.6 Å². The number of methoxy groups -OCH3 is 1. The van der Waals surface area contributed by atoms with Gasteiger partial charge in [-0.2, -0.15) is 0 Å². The highest BCUT2D eigenvalue weighted by molar-refractivity contribution is 6.30. The number of carbonyl (C=O) groups is 1. The minimum Gasteiger partial charge on any atom is -0.497 e. The molecule has 26 heavy (non-hydrogen) atoms. The van der Waals surface area contributed by atoms with E-state index in [9.17, 15) is 9.59 Å². The number of anilines is 2. The van der Waals surface area contributed by atoms with Crippen molar-refractivity contribution in [3.63, 3.8) is 0 Å². The Labute approximate surface area is 154 Å². The first-order valence-electron chi connectivity index (χ1n) is 7.62. The molecular weight excluding hydrogens is 356 g/mol. The van der Waals surface area contributed by atoms with Crippen molar-refractivity contribution in [2.45, 2.75) is 0 Å². The van der Waals surface area contributed by atoms with Gasteiger partial charge >= 0.3 is 6.03 Å². The highest BCUT2D eigenvalue weighted by atomic mass is 35.5. The second-order valence-electron chi connectivity index (χ2n) is 5.24. The van der Waals surface area contributed by atoms with Crippen LogP contribution in [0, 0.1) is 0 Å². The quantitative estimate of drug-likeness (QED) is 0.735. The maximum absolute atomic E-state index is 12.6. The number of halogens is 1. The summed E-state index contributed by atoms with van der Waals surface area (Å²) >= 11 is 5.97. The molecule has 8 heteroatoms. The van der Waals surface area contributed by atoms with Crippen LogP contribution in [0.4, 0.5) is 16.3 Å². The summed E-state index contributed by atoms with van der Waals surface area (Å²) in [5.41, 5.74) is 0.615. The molecular formula is C18H15ClN4O3. The standard InChI is InChI=1S/C18H15ClN4O3/c1-26-15-7-3-5-13(11-15)21-18(25)22-16-17(24)23(9-8-20-16)14-6-2-4-12(19)10-14/h2-11H,1H3,(H2,20,21,22,25). The monoisotopic (exact) mass is 370 g/mol. The Morgan fingerprint density at radius 3 is 2.73 bits per heavy atom. The molecule has 0 aliphatic carbocycles. The van der Waals surface area contributed by atoms with Gasteiger partial charge in [0, 0.05) is 29.2 Å². The predicted molar refractivity (Wildman–Crippen MR) is 100 cm³/mol. The summed E-state index contributed by atoms with van der Waals surface area (Å²) in [6.07, 6.45) is 2.92. The molecule has 0 unspecified atom stereocenters. The van der Waals surface area contributed by atoms with E-state index in [0.29, 0.717) is 22.1 Å². The highest BCUT2D eigenvalue weighted by Crippen LogP contribution is 2.17. The fourth-order valence-corrected chi connectivity index (χ4v) is 2.48. The Balaban J connectivity index is 1.81. The van der Waals surface area contributed by atoms with Crippen LogP contribution in [0.15, 0.2) is 65.7 Å². The van der Waals surface area contributed by atoms with Gasteiger partial charge in [-0.15, -0.1) is 0 Å². The second-order valence-corrected chi connectivity index (χ2v) is 5.68. The zero-order valence-electron chi connectivity index (χ0n) is 13.8. The lowest BCUT2D eigenvalue weighted by molar-refractivity contribution is 0.262. The van der Waals surface area contributed by atoms with Crippen molar-refractivity contribution >= 4 is 29.1 Å². The van der Waals surface area contributed by atoms with E-state index in [1.807, 2.05) is 0 Å². The molecule has 0 spiro atoms. The number of ether oxygens (including phenoxy) is 1. The average Bonchev–Trinajstić information content (AvgIpc) is 2.63. The lowest BCUT2D eigenvalue weighted by Crippen LogP contribution is -2.28. The number of hydrogen-bond donors (Lipinski definition) is 2. The molecule has 0 bridgehead atoms. The molecule has 0 fully saturated rings. The summed E-state index contributed by atoms with van der Waals surface area (Å²) in [5, 5.41) is 5.57. The first kappa shape index (κ1) is 17.5. The molecule has 1 heterocycles. The Morgan fingerprint density at radius 1 is 1.15 bits per heavy atom. The fourth-order valence-electron chi connectivity index (χ4n) is 2.30. The van der Waals surface area contributed by atoms with Crippen molar-refractivity contribution in [1.29, 1.82) is 0 Å². The number of urea groups is 1. The molecule has 2 N–H and O–H groups in total. The summed E-state index contributed by atoms with van der Waals surface area (Å²) in [6, 6.07) is 13.1. The van der Waals surface area contributed by atoms with Gasteiger partial charge in [0.25, 0.3) is 5.56 Å². The Morgan fingerprint density at radius 2 is 1.96 bits per heavy atom. The maximum Gasteiger partial charge on any atom is 0.325 e. The van der Waals surface area contributed by atoms with Crippen LogP contribution in [-0.4, -0.2) is 22.7 Å². The molecule has 2 aromatic carbocycles. The molecule has 132 valence electrons. The van der Waals surface area contributed by atoms with E-state index >= 15 is 0 Å². The van der Waals surface area contributed by atoms with Crippen molar-refractivity contribution in [2.24, 2.45) is 0 Å². The molecule has 0 aliphatic rings. The molecule has 7 nitrogen and oxygen atoms in total. The summed E-state index contributed by atoms with van der Waals surface area (Å²) in [4.78, 5) is 28.7. The van der Waals surface area contributed by atoms with E-state index in [-0.39, 0.29) is 5.82 Å². The van der Waals surface area contributed by atoms with E-state index in [0.717, 1.165) is 0 Å². The van der Waals surface area contributed by atoms with Crippen LogP contribution in [0.1, 0.15) is 0 Å². The molecule has 1 aromatic heterocycles. The van der Waals surface area contributed by atoms with Crippen LogP contribution in [-0.2, 0) is 0 Å². The zero-order chi connectivity index (χ0) is 18.5. The number of aromatic nitrogens is 2. The third-order valence-corrected chi connectivity index (χ3v) is 3.72. The minimum absolute atomic E-state index is 0.104. The molecule has 0 aliphatic heterocycles. The Hall–Kier alpha value is -3.32. The highest BCUT2D eigenvalue weighted by Gasteiger charge is 2.11. The van der Waals surface area contributed by atoms with Gasteiger partial charge in [0.1, 0.15) is 5.75 Å². The van der Waals surface area contributed by atoms with Gasteiger partial charge in [-0.25, -0.2) is 9.78 Å². The SMILES string of the molecule is COc1cccc(NC(=O)Nc2nccn(-c3cccc(Cl)c3)c2=O)c1. The normalized spacial score (nSPS) is 10.2. The van der Waals surface area contributed by atoms with Gasteiger partial charge in [0.05, 0.1) is 12.8 Å². The minimum atomic E-state index is -0.591. The van der Waals surface area contributed by atoms with E-state index in [4.69, 9.17) is 16.3 Å². The number of nitrogens with zero attached hydrogens (tertiary/aromatic N) is 2. The van der Waals surface area contributed by atoms with Crippen LogP contribution in [0.25, 0.3) is 5.69 Å². The van der Waals surface area contributed by atoms with Gasteiger partial charge in [-0.05, 0) is 30.3 Å². The van der Waals surface area contributed by atoms with Crippen LogP contribution >= 0.6 is 11.6 Å². The second kappa shape index (κ2) is 7.71. The van der Waals surface area contributed by atoms with Gasteiger partial charge in [-0.3, -0.25) is 14.7 Å². The van der Waals surface area contributed by atoms with Crippen LogP contribution in [0.2, 0.25) is 5.02 Å². The van der Waals surface area contributed by atoms with Crippen LogP contribution in [0.5, 0.6) is 5.75 Å². The maximum atomic E-state index is 12.6. The average molecular weight is 371 g/mol. The van der Waals surface area contributed by atoms with E-state index in [1.165, 1.54) is 24.1 Å². The number of rotatable bonds is 4. The van der Waals surface area contributed by atoms with Crippen LogP contribution < -0.4 is 20.9 Å². The van der Waals surface area contributed by atoms with Crippen molar-refractivity contribution < 1.29 is 9.53 Å². The third-order valence-electron chi connectivity index (χ3n) is 3.49. The van der Waals surface area contributed by atoms with Crippen LogP contribution in [0.3, 0.4) is 0 Å². The lowest BCUT2D eigenvalue weighted by Gasteiger charge is -2.10. The number of amides is 2. The van der Waals surface area contributed by atoms with Crippen molar-refractivity contribution in [3.8, 4) is 11.4 Å². The summed E-state index contributed by atoms with van der Waals surface area (Å²) in [5.74, 6) is 0.497. The van der Waals surface area contributed by atoms with Gasteiger partial charge in [0.15, 0.2) is 0 Å². The van der Waals surface area contributed by atoms with Gasteiger partial charge < -0.3 is 10.1 Å². The summed E-state index contributed by atoms with van der Waals surface area (Å²) in [7, 11) is 1.53. The first-order valence-corrected chi connectivity index (χ1v) is 8.00. The number of carbonyl (C=O) groups excluding carboxylic acids is 1. The van der Waals surface area contributed by atoms with Crippen molar-refractivity contribution in [2.75, 3.05) is 17.7 Å². The Kier molecular flexibility index (Phi) is 5.19. The van der Waals surface area contributed by atoms with Gasteiger partial charge in [-0.1, -0.05) is 23.7 Å². The summed E-state index contributed by atoms with van der Waals surface area (Å²) < 4.78 is 6.45. The fraction of sp³-hybridized carbons (Fsp3) is 0.0556. The molecule has 0 saturated carbocycles. The Bertz CT molecular complexity index is 1000. The molecule has 2 amide bonds. The molecule has 3 aromatic rings. The van der Waals surface area contributed by atoms with Crippen molar-refractivity contribution in [1.82, 2.24) is 9.55 Å². The largest absolute Gasteiger partial charge is 0.497 e. The number of nitrogens with one attached hydrogen (secondary N) is 2. The predicted octanol–water partition coefficient (Wildman–Crippen LogP) is 3.54. The molecule has 0 saturated heterocycles. The van der Waals surface area contributed by atoms with E-state index in [2.05, 4.69) is 15.6 Å². The number of hydrogen-bond acceptors (Lipinski definition) is 4. The topological polar surface area (TPSA) is 85.2 Å².